The molecule has 1 aliphatic heterocycles. The van der Waals surface area contributed by atoms with E-state index in [1.54, 1.807) is 41.1 Å². The van der Waals surface area contributed by atoms with Gasteiger partial charge in [-0.3, -0.25) is 0 Å². The van der Waals surface area contributed by atoms with Crippen molar-refractivity contribution in [2.45, 2.75) is 59.0 Å². The van der Waals surface area contributed by atoms with E-state index in [0.717, 1.165) is 25.7 Å². The number of esters is 1. The number of nitrogens with zero attached hydrogens (tertiary/aromatic N) is 2. The molecule has 2 rings (SSSR count). The number of urea groups is 1. The van der Waals surface area contributed by atoms with Gasteiger partial charge in [0.15, 0.2) is 0 Å². The van der Waals surface area contributed by atoms with Crippen molar-refractivity contribution < 1.29 is 23.9 Å². The first-order chi connectivity index (χ1) is 15.1. The number of amides is 3. The number of anilines is 1. The Morgan fingerprint density at radius 1 is 1.19 bits per heavy atom. The number of unbranched alkanes of at least 4 members (excludes halogenated alkanes) is 1. The Balaban J connectivity index is 1.85. The molecule has 1 N–H and O–H groups in total. The molecule has 1 aromatic carbocycles. The van der Waals surface area contributed by atoms with E-state index in [-0.39, 0.29) is 24.0 Å². The number of ether oxygens (including phenoxy) is 2. The minimum atomic E-state index is -0.536. The molecule has 0 aliphatic carbocycles. The molecular formula is C24H37N3O5. The summed E-state index contributed by atoms with van der Waals surface area (Å²) >= 11 is 0. The average Bonchev–Trinajstić information content (AvgIpc) is 2.73. The van der Waals surface area contributed by atoms with E-state index in [2.05, 4.69) is 5.32 Å². The van der Waals surface area contributed by atoms with Crippen molar-refractivity contribution in [3.05, 3.63) is 29.8 Å². The fourth-order valence-electron chi connectivity index (χ4n) is 3.48. The normalized spacial score (nSPS) is 16.3. The Morgan fingerprint density at radius 3 is 2.50 bits per heavy atom. The highest BCUT2D eigenvalue weighted by Crippen LogP contribution is 2.20. The van der Waals surface area contributed by atoms with Gasteiger partial charge >= 0.3 is 18.1 Å². The highest BCUT2D eigenvalue weighted by molar-refractivity contribution is 5.92. The lowest BCUT2D eigenvalue weighted by Crippen LogP contribution is -2.46. The quantitative estimate of drug-likeness (QED) is 0.481. The third-order valence-electron chi connectivity index (χ3n) is 5.15. The smallest absolute Gasteiger partial charge is 0.410 e. The monoisotopic (exact) mass is 447 g/mol. The van der Waals surface area contributed by atoms with Crippen molar-refractivity contribution >= 4 is 23.8 Å². The van der Waals surface area contributed by atoms with Gasteiger partial charge in [0.25, 0.3) is 0 Å². The molecule has 8 nitrogen and oxygen atoms in total. The molecule has 0 saturated carbocycles. The molecule has 1 saturated heterocycles. The van der Waals surface area contributed by atoms with Crippen LogP contribution in [-0.4, -0.2) is 66.8 Å². The Bertz CT molecular complexity index is 773. The van der Waals surface area contributed by atoms with Gasteiger partial charge < -0.3 is 24.6 Å². The van der Waals surface area contributed by atoms with Crippen molar-refractivity contribution in [3.8, 4) is 0 Å². The predicted molar refractivity (Wildman–Crippen MR) is 124 cm³/mol. The molecule has 8 heteroatoms. The van der Waals surface area contributed by atoms with Crippen LogP contribution in [0.4, 0.5) is 15.3 Å². The van der Waals surface area contributed by atoms with Crippen LogP contribution in [-0.2, 0) is 9.47 Å². The van der Waals surface area contributed by atoms with Crippen LogP contribution in [0.1, 0.15) is 63.7 Å². The second-order valence-electron chi connectivity index (χ2n) is 9.31. The van der Waals surface area contributed by atoms with Crippen molar-refractivity contribution in [1.29, 1.82) is 0 Å². The Morgan fingerprint density at radius 2 is 1.88 bits per heavy atom. The van der Waals surface area contributed by atoms with Gasteiger partial charge in [-0.25, -0.2) is 14.4 Å². The summed E-state index contributed by atoms with van der Waals surface area (Å²) in [6, 6.07) is 6.52. The van der Waals surface area contributed by atoms with Crippen LogP contribution in [0.2, 0.25) is 0 Å². The van der Waals surface area contributed by atoms with Crippen LogP contribution in [0.25, 0.3) is 0 Å². The fourth-order valence-corrected chi connectivity index (χ4v) is 3.48. The van der Waals surface area contributed by atoms with Crippen LogP contribution in [0.15, 0.2) is 24.3 Å². The Kier molecular flexibility index (Phi) is 9.35. The summed E-state index contributed by atoms with van der Waals surface area (Å²) < 4.78 is 10.6. The summed E-state index contributed by atoms with van der Waals surface area (Å²) in [5.74, 6) is -0.170. The molecule has 1 aliphatic rings. The zero-order valence-electron chi connectivity index (χ0n) is 20.0. The molecule has 0 aromatic heterocycles. The SMILES string of the molecule is CCCCOC(=O)c1ccc(NC(=O)N2CCCC(CN(C)C(=O)OC(C)(C)C)C2)cc1. The maximum Gasteiger partial charge on any atom is 0.410 e. The summed E-state index contributed by atoms with van der Waals surface area (Å²) in [4.78, 5) is 40.3. The van der Waals surface area contributed by atoms with E-state index in [4.69, 9.17) is 9.47 Å². The summed E-state index contributed by atoms with van der Waals surface area (Å²) in [6.45, 7) is 9.74. The number of rotatable bonds is 7. The minimum Gasteiger partial charge on any atom is -0.462 e. The van der Waals surface area contributed by atoms with Gasteiger partial charge in [0, 0.05) is 32.4 Å². The molecule has 1 heterocycles. The zero-order valence-corrected chi connectivity index (χ0v) is 20.0. The number of benzene rings is 1. The van der Waals surface area contributed by atoms with E-state index in [1.807, 2.05) is 27.7 Å². The van der Waals surface area contributed by atoms with Gasteiger partial charge in [-0.2, -0.15) is 0 Å². The first kappa shape index (κ1) is 25.5. The van der Waals surface area contributed by atoms with Crippen molar-refractivity contribution in [2.24, 2.45) is 5.92 Å². The Labute approximate surface area is 191 Å². The van der Waals surface area contributed by atoms with E-state index < -0.39 is 5.60 Å². The lowest BCUT2D eigenvalue weighted by atomic mass is 9.98. The largest absolute Gasteiger partial charge is 0.462 e. The van der Waals surface area contributed by atoms with Gasteiger partial charge in [-0.15, -0.1) is 0 Å². The minimum absolute atomic E-state index is 0.187. The summed E-state index contributed by atoms with van der Waals surface area (Å²) in [6.07, 6.45) is 3.28. The van der Waals surface area contributed by atoms with Crippen LogP contribution in [0.5, 0.6) is 0 Å². The van der Waals surface area contributed by atoms with Crippen LogP contribution < -0.4 is 5.32 Å². The molecule has 32 heavy (non-hydrogen) atoms. The molecule has 1 fully saturated rings. The van der Waals surface area contributed by atoms with Crippen molar-refractivity contribution in [2.75, 3.05) is 38.6 Å². The first-order valence-corrected chi connectivity index (χ1v) is 11.4. The molecular weight excluding hydrogens is 410 g/mol. The van der Waals surface area contributed by atoms with Crippen LogP contribution in [0.3, 0.4) is 0 Å². The maximum absolute atomic E-state index is 12.7. The van der Waals surface area contributed by atoms with Crippen molar-refractivity contribution in [3.63, 3.8) is 0 Å². The number of nitrogens with one attached hydrogen (secondary N) is 1. The van der Waals surface area contributed by atoms with Crippen molar-refractivity contribution in [1.82, 2.24) is 9.80 Å². The number of piperidine rings is 1. The molecule has 0 radical (unpaired) electrons. The van der Waals surface area contributed by atoms with Gasteiger partial charge in [0.05, 0.1) is 12.2 Å². The van der Waals surface area contributed by atoms with E-state index in [1.165, 1.54) is 0 Å². The van der Waals surface area contributed by atoms with Crippen LogP contribution in [0, 0.1) is 5.92 Å². The second-order valence-corrected chi connectivity index (χ2v) is 9.31. The molecule has 1 unspecified atom stereocenters. The highest BCUT2D eigenvalue weighted by atomic mass is 16.6. The highest BCUT2D eigenvalue weighted by Gasteiger charge is 2.27. The molecule has 178 valence electrons. The number of carbonyl (C=O) groups is 3. The molecule has 1 atom stereocenters. The first-order valence-electron chi connectivity index (χ1n) is 11.4. The number of hydrogen-bond acceptors (Lipinski definition) is 5. The Hall–Kier alpha value is -2.77. The lowest BCUT2D eigenvalue weighted by molar-refractivity contribution is 0.0253. The predicted octanol–water partition coefficient (Wildman–Crippen LogP) is 4.75. The number of carbonyl (C=O) groups excluding carboxylic acids is 3. The van der Waals surface area contributed by atoms with Crippen LogP contribution >= 0.6 is 0 Å². The number of hydrogen-bond donors (Lipinski definition) is 1. The lowest BCUT2D eigenvalue weighted by Gasteiger charge is -2.35. The van der Waals surface area contributed by atoms with E-state index >= 15 is 0 Å². The topological polar surface area (TPSA) is 88.2 Å². The summed E-state index contributed by atoms with van der Waals surface area (Å²) in [7, 11) is 1.72. The maximum atomic E-state index is 12.7. The van der Waals surface area contributed by atoms with Gasteiger partial charge in [-0.05, 0) is 70.2 Å². The summed E-state index contributed by atoms with van der Waals surface area (Å²) in [5.41, 5.74) is 0.543. The number of likely N-dealkylation sites (tertiary alicyclic amines) is 1. The van der Waals surface area contributed by atoms with Gasteiger partial charge in [0.1, 0.15) is 5.60 Å². The fraction of sp³-hybridized carbons (Fsp3) is 0.625. The third kappa shape index (κ3) is 8.40. The molecule has 1 aromatic rings. The standard InChI is InChI=1S/C24H37N3O5/c1-6-7-15-31-21(28)19-10-12-20(13-11-19)25-22(29)27-14-8-9-18(17-27)16-26(5)23(30)32-24(2,3)4/h10-13,18H,6-9,14-17H2,1-5H3,(H,25,29). The zero-order chi connectivity index (χ0) is 23.7. The second kappa shape index (κ2) is 11.7. The molecule has 0 bridgehead atoms. The third-order valence-corrected chi connectivity index (χ3v) is 5.15. The summed E-state index contributed by atoms with van der Waals surface area (Å²) in [5, 5.41) is 2.89. The molecule has 3 amide bonds. The average molecular weight is 448 g/mol. The van der Waals surface area contributed by atoms with E-state index in [0.29, 0.717) is 37.5 Å². The van der Waals surface area contributed by atoms with E-state index in [9.17, 15) is 14.4 Å². The van der Waals surface area contributed by atoms with Gasteiger partial charge in [0.2, 0.25) is 0 Å². The van der Waals surface area contributed by atoms with Gasteiger partial charge in [-0.1, -0.05) is 13.3 Å². The molecule has 0 spiro atoms.